The third-order valence-corrected chi connectivity index (χ3v) is 4.96. The molecule has 3 N–H and O–H groups in total. The highest BCUT2D eigenvalue weighted by atomic mass is 19.4. The Kier molecular flexibility index (Phi) is 7.75. The molecule has 4 aromatic rings. The normalized spacial score (nSPS) is 13.0. The number of aromatic nitrogens is 2. The van der Waals surface area contributed by atoms with E-state index in [1.165, 1.54) is 17.7 Å². The lowest BCUT2D eigenvalue weighted by atomic mass is 10.0. The smallest absolute Gasteiger partial charge is 0.484 e. The Bertz CT molecular complexity index is 1300. The summed E-state index contributed by atoms with van der Waals surface area (Å²) >= 11 is 0. The van der Waals surface area contributed by atoms with Gasteiger partial charge in [-0.1, -0.05) is 29.8 Å². The number of aliphatic carboxylic acids is 1. The van der Waals surface area contributed by atoms with Crippen molar-refractivity contribution in [1.29, 1.82) is 0 Å². The molecule has 0 aliphatic heterocycles. The minimum atomic E-state index is -5.08. The Labute approximate surface area is 198 Å². The molecule has 0 bridgehead atoms. The molecule has 0 fully saturated rings. The minimum Gasteiger partial charge on any atom is -0.484 e. The van der Waals surface area contributed by atoms with Crippen LogP contribution in [0, 0.1) is 12.7 Å². The first-order valence-electron chi connectivity index (χ1n) is 10.5. The van der Waals surface area contributed by atoms with Crippen molar-refractivity contribution < 1.29 is 32.2 Å². The third kappa shape index (κ3) is 6.57. The second kappa shape index (κ2) is 10.6. The summed E-state index contributed by atoms with van der Waals surface area (Å²) < 4.78 is 53.0. The van der Waals surface area contributed by atoms with Crippen LogP contribution in [-0.4, -0.2) is 33.1 Å². The second-order valence-electron chi connectivity index (χ2n) is 7.87. The number of nitrogens with two attached hydrogens (primary N) is 1. The number of hydrogen-bond acceptors (Lipinski definition) is 4. The number of nitrogens with zero attached hydrogens (tertiary/aromatic N) is 2. The number of carboxylic acids is 1. The number of ether oxygens (including phenoxy) is 1. The van der Waals surface area contributed by atoms with Crippen LogP contribution in [0.4, 0.5) is 17.6 Å². The number of carboxylic acid groups (broad SMARTS) is 1. The highest BCUT2D eigenvalue weighted by Crippen LogP contribution is 2.28. The van der Waals surface area contributed by atoms with Crippen molar-refractivity contribution in [2.45, 2.75) is 32.2 Å². The van der Waals surface area contributed by atoms with Gasteiger partial charge in [-0.15, -0.1) is 0 Å². The largest absolute Gasteiger partial charge is 0.490 e. The van der Waals surface area contributed by atoms with Crippen LogP contribution in [0.5, 0.6) is 5.75 Å². The molecule has 0 saturated heterocycles. The maximum Gasteiger partial charge on any atom is 0.490 e. The van der Waals surface area contributed by atoms with Gasteiger partial charge in [0.15, 0.2) is 0 Å². The molecule has 0 amide bonds. The van der Waals surface area contributed by atoms with Crippen LogP contribution in [0.25, 0.3) is 16.6 Å². The van der Waals surface area contributed by atoms with E-state index < -0.39 is 12.1 Å². The Hall–Kier alpha value is -3.92. The van der Waals surface area contributed by atoms with Gasteiger partial charge in [-0.05, 0) is 61.9 Å². The summed E-state index contributed by atoms with van der Waals surface area (Å²) in [5.74, 6) is -2.29. The Morgan fingerprint density at radius 3 is 2.31 bits per heavy atom. The van der Waals surface area contributed by atoms with Crippen LogP contribution in [0.3, 0.4) is 0 Å². The van der Waals surface area contributed by atoms with Gasteiger partial charge in [0.2, 0.25) is 0 Å². The predicted molar refractivity (Wildman–Crippen MR) is 123 cm³/mol. The number of carbonyl (C=O) groups is 1. The first kappa shape index (κ1) is 25.7. The molecular weight excluding hydrogens is 466 g/mol. The molecule has 6 nitrogen and oxygen atoms in total. The number of rotatable bonds is 5. The monoisotopic (exact) mass is 489 g/mol. The van der Waals surface area contributed by atoms with Crippen molar-refractivity contribution in [1.82, 2.24) is 9.78 Å². The van der Waals surface area contributed by atoms with Crippen LogP contribution in [0.2, 0.25) is 0 Å². The Morgan fingerprint density at radius 1 is 1.09 bits per heavy atom. The fraction of sp³-hybridized carbons (Fsp3) is 0.200. The summed E-state index contributed by atoms with van der Waals surface area (Å²) in [7, 11) is 0. The number of benzene rings is 3. The average molecular weight is 489 g/mol. The van der Waals surface area contributed by atoms with E-state index in [1.807, 2.05) is 37.3 Å². The molecule has 1 aromatic heterocycles. The Balaban J connectivity index is 0.000000429. The van der Waals surface area contributed by atoms with Crippen molar-refractivity contribution in [2.75, 3.05) is 0 Å². The van der Waals surface area contributed by atoms with E-state index in [9.17, 15) is 17.6 Å². The molecule has 184 valence electrons. The standard InChI is InChI=1S/C23H22FN3O.C2HF3O2/c1-15-4-3-5-17(12-15)23(16(2)25)28-21-10-11-22-18(13-21)14-26-27(22)20-8-6-19(24)7-9-20;3-2(4,5)1(6)7/h3-14,16,23H,25H2,1-2H3;(H,6,7)/t16-,23-;/m0./s1. The number of hydrogen-bond donors (Lipinski definition) is 2. The Morgan fingerprint density at radius 2 is 1.74 bits per heavy atom. The van der Waals surface area contributed by atoms with Gasteiger partial charge in [-0.2, -0.15) is 18.3 Å². The van der Waals surface area contributed by atoms with Crippen molar-refractivity contribution in [3.8, 4) is 11.4 Å². The number of fused-ring (bicyclic) bond motifs is 1. The minimum absolute atomic E-state index is 0.167. The first-order chi connectivity index (χ1) is 16.5. The van der Waals surface area contributed by atoms with Crippen molar-refractivity contribution in [3.63, 3.8) is 0 Å². The predicted octanol–water partition coefficient (Wildman–Crippen LogP) is 5.57. The highest BCUT2D eigenvalue weighted by Gasteiger charge is 2.38. The van der Waals surface area contributed by atoms with Crippen LogP contribution in [0.15, 0.2) is 72.9 Å². The number of aryl methyl sites for hydroxylation is 1. The maximum atomic E-state index is 13.2. The van der Waals surface area contributed by atoms with E-state index in [1.54, 1.807) is 23.0 Å². The summed E-state index contributed by atoms with van der Waals surface area (Å²) in [6.45, 7) is 4.00. The van der Waals surface area contributed by atoms with E-state index >= 15 is 0 Å². The van der Waals surface area contributed by atoms with Crippen LogP contribution in [0.1, 0.15) is 24.2 Å². The summed E-state index contributed by atoms with van der Waals surface area (Å²) in [6, 6.07) is 20.1. The van der Waals surface area contributed by atoms with E-state index in [0.717, 1.165) is 27.9 Å². The van der Waals surface area contributed by atoms with Crippen LogP contribution in [-0.2, 0) is 4.79 Å². The van der Waals surface area contributed by atoms with E-state index in [-0.39, 0.29) is 18.0 Å². The zero-order valence-corrected chi connectivity index (χ0v) is 18.8. The molecule has 10 heteroatoms. The molecule has 0 saturated carbocycles. The van der Waals surface area contributed by atoms with Gasteiger partial charge >= 0.3 is 12.1 Å². The lowest BCUT2D eigenvalue weighted by Crippen LogP contribution is -2.29. The van der Waals surface area contributed by atoms with Gasteiger partial charge < -0.3 is 15.6 Å². The molecule has 3 aromatic carbocycles. The lowest BCUT2D eigenvalue weighted by Gasteiger charge is -2.23. The molecular formula is C25H23F4N3O3. The lowest BCUT2D eigenvalue weighted by molar-refractivity contribution is -0.192. The topological polar surface area (TPSA) is 90.4 Å². The van der Waals surface area contributed by atoms with Crippen LogP contribution < -0.4 is 10.5 Å². The molecule has 2 atom stereocenters. The quantitative estimate of drug-likeness (QED) is 0.358. The van der Waals surface area contributed by atoms with E-state index in [0.29, 0.717) is 0 Å². The second-order valence-corrected chi connectivity index (χ2v) is 7.87. The zero-order valence-electron chi connectivity index (χ0n) is 18.8. The zero-order chi connectivity index (χ0) is 25.8. The molecule has 0 unspecified atom stereocenters. The van der Waals surface area contributed by atoms with Gasteiger partial charge in [-0.25, -0.2) is 13.9 Å². The first-order valence-corrected chi connectivity index (χ1v) is 10.5. The molecule has 4 rings (SSSR count). The average Bonchev–Trinajstić information content (AvgIpc) is 3.21. The molecule has 0 aliphatic carbocycles. The summed E-state index contributed by atoms with van der Waals surface area (Å²) in [6.07, 6.45) is -3.55. The van der Waals surface area contributed by atoms with Crippen molar-refractivity contribution in [3.05, 3.63) is 89.9 Å². The van der Waals surface area contributed by atoms with Crippen molar-refractivity contribution in [2.24, 2.45) is 5.73 Å². The SMILES string of the molecule is Cc1cccc([C@@H](Oc2ccc3c(cnn3-c3ccc(F)cc3)c2)[C@H](C)N)c1.O=C(O)C(F)(F)F. The molecule has 35 heavy (non-hydrogen) atoms. The summed E-state index contributed by atoms with van der Waals surface area (Å²) in [5.41, 5.74) is 10.1. The summed E-state index contributed by atoms with van der Waals surface area (Å²) in [4.78, 5) is 8.90. The van der Waals surface area contributed by atoms with Gasteiger partial charge in [0.05, 0.1) is 17.4 Å². The van der Waals surface area contributed by atoms with Gasteiger partial charge in [0.1, 0.15) is 17.7 Å². The summed E-state index contributed by atoms with van der Waals surface area (Å²) in [5, 5.41) is 12.5. The fourth-order valence-corrected chi connectivity index (χ4v) is 3.35. The van der Waals surface area contributed by atoms with Gasteiger partial charge in [0.25, 0.3) is 0 Å². The highest BCUT2D eigenvalue weighted by molar-refractivity contribution is 5.81. The number of alkyl halides is 3. The third-order valence-electron chi connectivity index (χ3n) is 4.96. The fourth-order valence-electron chi connectivity index (χ4n) is 3.35. The molecule has 0 spiro atoms. The van der Waals surface area contributed by atoms with Gasteiger partial charge in [0, 0.05) is 11.4 Å². The molecule has 1 heterocycles. The molecule has 0 radical (unpaired) electrons. The van der Waals surface area contributed by atoms with E-state index in [2.05, 4.69) is 24.2 Å². The van der Waals surface area contributed by atoms with Crippen LogP contribution >= 0.6 is 0 Å². The maximum absolute atomic E-state index is 13.2. The number of halogens is 4. The van der Waals surface area contributed by atoms with Gasteiger partial charge in [-0.3, -0.25) is 0 Å². The van der Waals surface area contributed by atoms with E-state index in [4.69, 9.17) is 20.4 Å². The van der Waals surface area contributed by atoms with Crippen molar-refractivity contribution >= 4 is 16.9 Å². The molecule has 0 aliphatic rings.